The van der Waals surface area contributed by atoms with Gasteiger partial charge in [0.05, 0.1) is 29.0 Å². The number of carbonyl (C=O) groups excluding carboxylic acids is 2. The summed E-state index contributed by atoms with van der Waals surface area (Å²) >= 11 is 1.42. The number of halogens is 1. The third-order valence-corrected chi connectivity index (χ3v) is 7.08. The number of hydrogen-bond acceptors (Lipinski definition) is 8. The predicted molar refractivity (Wildman–Crippen MR) is 149 cm³/mol. The molecule has 0 unspecified atom stereocenters. The quantitative estimate of drug-likeness (QED) is 0.285. The number of pyridine rings is 1. The van der Waals surface area contributed by atoms with Gasteiger partial charge in [0.25, 0.3) is 0 Å². The molecule has 5 rings (SSSR count). The molecule has 4 heterocycles. The number of rotatable bonds is 8. The van der Waals surface area contributed by atoms with Crippen molar-refractivity contribution in [3.8, 4) is 10.4 Å². The molecule has 10 nitrogen and oxygen atoms in total. The second-order valence-electron chi connectivity index (χ2n) is 8.49. The van der Waals surface area contributed by atoms with E-state index in [1.165, 1.54) is 28.4 Å². The van der Waals surface area contributed by atoms with Crippen LogP contribution in [0.25, 0.3) is 21.5 Å². The molecule has 1 aliphatic rings. The Morgan fingerprint density at radius 3 is 2.72 bits per heavy atom. The Kier molecular flexibility index (Phi) is 8.99. The van der Waals surface area contributed by atoms with E-state index in [1.54, 1.807) is 30.9 Å². The van der Waals surface area contributed by atoms with Crippen LogP contribution in [-0.2, 0) is 16.1 Å². The van der Waals surface area contributed by atoms with Crippen molar-refractivity contribution in [3.05, 3.63) is 67.5 Å². The van der Waals surface area contributed by atoms with E-state index in [0.29, 0.717) is 36.0 Å². The number of likely N-dealkylation sites (tertiary alicyclic amines) is 1. The van der Waals surface area contributed by atoms with Gasteiger partial charge in [0.15, 0.2) is 5.13 Å². The molecule has 0 bridgehead atoms. The van der Waals surface area contributed by atoms with Gasteiger partial charge in [0, 0.05) is 31.9 Å². The molecule has 0 radical (unpaired) electrons. The Balaban J connectivity index is 0.00000172. The molecule has 204 valence electrons. The fraction of sp³-hybridized carbons (Fsp3) is 0.296. The Labute approximate surface area is 229 Å². The lowest BCUT2D eigenvalue weighted by Crippen LogP contribution is -2.50. The summed E-state index contributed by atoms with van der Waals surface area (Å²) in [6, 6.07) is 7.15. The lowest BCUT2D eigenvalue weighted by Gasteiger charge is -2.24. The summed E-state index contributed by atoms with van der Waals surface area (Å²) in [5, 5.41) is 16.8. The number of aliphatic hydroxyl groups is 1. The molecule has 0 aliphatic carbocycles. The summed E-state index contributed by atoms with van der Waals surface area (Å²) in [5.41, 5.74) is 2.38. The average molecular weight is 552 g/mol. The number of thiazole rings is 1. The second kappa shape index (κ2) is 12.6. The first-order chi connectivity index (χ1) is 18.9. The van der Waals surface area contributed by atoms with Crippen molar-refractivity contribution in [2.75, 3.05) is 18.4 Å². The molecule has 2 amide bonds. The number of carbonyl (C=O) groups is 2. The Morgan fingerprint density at radius 2 is 1.97 bits per heavy atom. The minimum absolute atomic E-state index is 0.280. The number of nitrogens with one attached hydrogen (secondary N) is 2. The zero-order valence-corrected chi connectivity index (χ0v) is 22.5. The van der Waals surface area contributed by atoms with Gasteiger partial charge in [0.2, 0.25) is 11.8 Å². The van der Waals surface area contributed by atoms with Gasteiger partial charge in [-0.1, -0.05) is 43.9 Å². The van der Waals surface area contributed by atoms with Crippen molar-refractivity contribution in [3.63, 3.8) is 0 Å². The first kappa shape index (κ1) is 27.9. The molecule has 4 aromatic rings. The van der Waals surface area contributed by atoms with E-state index in [-0.39, 0.29) is 18.3 Å². The maximum absolute atomic E-state index is 13.2. The van der Waals surface area contributed by atoms with Crippen LogP contribution in [0.15, 0.2) is 61.7 Å². The molecular formula is C27H30FN7O3S. The van der Waals surface area contributed by atoms with E-state index in [9.17, 15) is 19.1 Å². The van der Waals surface area contributed by atoms with Crippen molar-refractivity contribution in [2.24, 2.45) is 0 Å². The van der Waals surface area contributed by atoms with Crippen molar-refractivity contribution in [2.45, 2.75) is 39.0 Å². The molecule has 1 saturated heterocycles. The first-order valence-corrected chi connectivity index (χ1v) is 13.4. The largest absolute Gasteiger partial charge is 0.390 e. The van der Waals surface area contributed by atoms with Crippen molar-refractivity contribution >= 4 is 45.1 Å². The molecule has 2 atom stereocenters. The SMILES string of the molecule is C=CC(=O)N1CC[C@@H](O)[C@@H]1C(=O)NCCn1cnc2cnc(Nc3ncc(-c4ccc(F)cc4)s3)cc21.CC. The lowest BCUT2D eigenvalue weighted by molar-refractivity contribution is -0.137. The number of nitrogens with zero attached hydrogens (tertiary/aromatic N) is 5. The molecular weight excluding hydrogens is 521 g/mol. The van der Waals surface area contributed by atoms with Crippen molar-refractivity contribution < 1.29 is 19.1 Å². The third kappa shape index (κ3) is 6.29. The van der Waals surface area contributed by atoms with E-state index in [0.717, 1.165) is 22.0 Å². The van der Waals surface area contributed by atoms with Crippen molar-refractivity contribution in [1.82, 2.24) is 29.7 Å². The maximum atomic E-state index is 13.2. The van der Waals surface area contributed by atoms with Crippen LogP contribution in [0.1, 0.15) is 20.3 Å². The van der Waals surface area contributed by atoms with Crippen LogP contribution in [0.5, 0.6) is 0 Å². The number of hydrogen-bond donors (Lipinski definition) is 3. The standard InChI is InChI=1S/C25H24FN7O3S.C2H6/c1-2-22(35)33-9-7-19(34)23(33)24(36)27-8-10-32-14-30-17-12-28-21(11-18(17)32)31-25-29-13-20(37-25)15-3-5-16(26)6-4-15;1-2/h2-6,11-14,19,23,34H,1,7-10H2,(H,27,36)(H,28,29,31);1-2H3/t19-,23-;/m1./s1. The first-order valence-electron chi connectivity index (χ1n) is 12.6. The normalized spacial score (nSPS) is 16.5. The number of amides is 2. The topological polar surface area (TPSA) is 125 Å². The summed E-state index contributed by atoms with van der Waals surface area (Å²) in [6.07, 6.45) is 5.61. The zero-order chi connectivity index (χ0) is 27.9. The third-order valence-electron chi connectivity index (χ3n) is 6.12. The van der Waals surface area contributed by atoms with E-state index in [4.69, 9.17) is 0 Å². The van der Waals surface area contributed by atoms with Crippen LogP contribution in [0.3, 0.4) is 0 Å². The van der Waals surface area contributed by atoms with Crippen LogP contribution in [-0.4, -0.2) is 66.6 Å². The van der Waals surface area contributed by atoms with Crippen LogP contribution in [0.4, 0.5) is 15.3 Å². The van der Waals surface area contributed by atoms with Gasteiger partial charge in [-0.3, -0.25) is 9.59 Å². The lowest BCUT2D eigenvalue weighted by atomic mass is 10.1. The minimum Gasteiger partial charge on any atom is -0.390 e. The zero-order valence-electron chi connectivity index (χ0n) is 21.7. The fourth-order valence-corrected chi connectivity index (χ4v) is 5.09. The van der Waals surface area contributed by atoms with Crippen LogP contribution in [0.2, 0.25) is 0 Å². The van der Waals surface area contributed by atoms with Gasteiger partial charge >= 0.3 is 0 Å². The highest BCUT2D eigenvalue weighted by Gasteiger charge is 2.39. The molecule has 3 N–H and O–H groups in total. The smallest absolute Gasteiger partial charge is 0.246 e. The summed E-state index contributed by atoms with van der Waals surface area (Å²) in [5.74, 6) is -0.503. The van der Waals surface area contributed by atoms with Crippen LogP contribution >= 0.6 is 11.3 Å². The van der Waals surface area contributed by atoms with E-state index < -0.39 is 18.1 Å². The number of fused-ring (bicyclic) bond motifs is 1. The van der Waals surface area contributed by atoms with Gasteiger partial charge in [0.1, 0.15) is 23.2 Å². The minimum atomic E-state index is -0.928. The summed E-state index contributed by atoms with van der Waals surface area (Å²) < 4.78 is 15.1. The molecule has 0 saturated carbocycles. The Morgan fingerprint density at radius 1 is 1.21 bits per heavy atom. The molecule has 1 fully saturated rings. The van der Waals surface area contributed by atoms with Crippen LogP contribution in [0, 0.1) is 5.82 Å². The van der Waals surface area contributed by atoms with E-state index in [1.807, 2.05) is 24.5 Å². The monoisotopic (exact) mass is 551 g/mol. The van der Waals surface area contributed by atoms with Crippen LogP contribution < -0.4 is 10.6 Å². The van der Waals surface area contributed by atoms with E-state index in [2.05, 4.69) is 32.2 Å². The molecule has 3 aromatic heterocycles. The maximum Gasteiger partial charge on any atom is 0.246 e. The highest BCUT2D eigenvalue weighted by atomic mass is 32.1. The highest BCUT2D eigenvalue weighted by Crippen LogP contribution is 2.31. The highest BCUT2D eigenvalue weighted by molar-refractivity contribution is 7.18. The Hall–Kier alpha value is -4.16. The molecule has 12 heteroatoms. The predicted octanol–water partition coefficient (Wildman–Crippen LogP) is 3.73. The second-order valence-corrected chi connectivity index (χ2v) is 9.52. The summed E-state index contributed by atoms with van der Waals surface area (Å²) in [7, 11) is 0. The number of aliphatic hydroxyl groups excluding tert-OH is 1. The number of anilines is 2. The molecule has 1 aromatic carbocycles. The van der Waals surface area contributed by atoms with Gasteiger partial charge in [-0.2, -0.15) is 0 Å². The molecule has 39 heavy (non-hydrogen) atoms. The van der Waals surface area contributed by atoms with E-state index >= 15 is 0 Å². The van der Waals surface area contributed by atoms with Gasteiger partial charge in [-0.15, -0.1) is 0 Å². The number of benzene rings is 1. The fourth-order valence-electron chi connectivity index (χ4n) is 4.26. The van der Waals surface area contributed by atoms with Gasteiger partial charge < -0.3 is 25.2 Å². The average Bonchev–Trinajstić information content (AvgIpc) is 3.68. The summed E-state index contributed by atoms with van der Waals surface area (Å²) in [4.78, 5) is 40.1. The number of aromatic nitrogens is 4. The molecule has 1 aliphatic heterocycles. The Bertz CT molecular complexity index is 1450. The summed E-state index contributed by atoms with van der Waals surface area (Å²) in [6.45, 7) is 8.47. The molecule has 0 spiro atoms. The van der Waals surface area contributed by atoms with Gasteiger partial charge in [-0.25, -0.2) is 19.3 Å². The van der Waals surface area contributed by atoms with Crippen molar-refractivity contribution in [1.29, 1.82) is 0 Å². The number of imidazole rings is 1. The van der Waals surface area contributed by atoms with Gasteiger partial charge in [-0.05, 0) is 30.2 Å².